The fourth-order valence-electron chi connectivity index (χ4n) is 3.15. The summed E-state index contributed by atoms with van der Waals surface area (Å²) in [5.74, 6) is -0.568. The number of nitrogens with zero attached hydrogens (tertiary/aromatic N) is 3. The van der Waals surface area contributed by atoms with Gasteiger partial charge in [0.05, 0.1) is 29.2 Å². The van der Waals surface area contributed by atoms with Crippen molar-refractivity contribution in [3.05, 3.63) is 35.5 Å². The fraction of sp³-hybridized carbons (Fsp3) is 0.389. The number of hydrogen-bond acceptors (Lipinski definition) is 4. The van der Waals surface area contributed by atoms with E-state index in [0.717, 1.165) is 12.0 Å². The highest BCUT2D eigenvalue weighted by atomic mass is 19.3. The van der Waals surface area contributed by atoms with Gasteiger partial charge in [0.2, 0.25) is 5.91 Å². The number of nitrogens with two attached hydrogens (primary N) is 1. The fourth-order valence-corrected chi connectivity index (χ4v) is 3.15. The second-order valence-electron chi connectivity index (χ2n) is 6.47. The summed E-state index contributed by atoms with van der Waals surface area (Å²) < 4.78 is 27.5. The van der Waals surface area contributed by atoms with E-state index in [1.165, 1.54) is 6.20 Å². The van der Waals surface area contributed by atoms with Gasteiger partial charge in [-0.2, -0.15) is 19.1 Å². The zero-order valence-electron chi connectivity index (χ0n) is 14.2. The van der Waals surface area contributed by atoms with Gasteiger partial charge in [-0.25, -0.2) is 4.68 Å². The molecule has 0 aliphatic carbocycles. The first-order valence-corrected chi connectivity index (χ1v) is 8.39. The summed E-state index contributed by atoms with van der Waals surface area (Å²) in [6.45, 7) is -1.13. The van der Waals surface area contributed by atoms with E-state index in [0.29, 0.717) is 17.5 Å². The molecule has 1 aromatic carbocycles. The normalized spacial score (nSPS) is 20.5. The van der Waals surface area contributed by atoms with Gasteiger partial charge in [-0.15, -0.1) is 0 Å². The van der Waals surface area contributed by atoms with Crippen molar-refractivity contribution in [3.63, 3.8) is 0 Å². The lowest BCUT2D eigenvalue weighted by Crippen LogP contribution is -2.22. The number of nitrogens with one attached hydrogen (secondary N) is 1. The predicted octanol–water partition coefficient (Wildman–Crippen LogP) is 3.58. The summed E-state index contributed by atoms with van der Waals surface area (Å²) in [5, 5.41) is 15.8. The van der Waals surface area contributed by atoms with Crippen LogP contribution in [0.4, 0.5) is 14.5 Å². The van der Waals surface area contributed by atoms with Crippen molar-refractivity contribution >= 4 is 11.6 Å². The molecule has 26 heavy (non-hydrogen) atoms. The van der Waals surface area contributed by atoms with Gasteiger partial charge in [0.1, 0.15) is 0 Å². The highest BCUT2D eigenvalue weighted by Gasteiger charge is 2.25. The van der Waals surface area contributed by atoms with Gasteiger partial charge in [-0.3, -0.25) is 4.79 Å². The molecule has 1 aliphatic rings. The van der Waals surface area contributed by atoms with Crippen LogP contribution in [0.15, 0.2) is 24.4 Å². The lowest BCUT2D eigenvalue weighted by Gasteiger charge is -2.19. The molecule has 2 heterocycles. The van der Waals surface area contributed by atoms with Crippen molar-refractivity contribution in [2.24, 2.45) is 11.7 Å². The summed E-state index contributed by atoms with van der Waals surface area (Å²) in [5.41, 5.74) is 7.64. The molecule has 3 rings (SSSR count). The Hall–Kier alpha value is -2.79. The van der Waals surface area contributed by atoms with Crippen LogP contribution in [0.5, 0.6) is 0 Å². The number of amides is 1. The molecule has 2 atom stereocenters. The highest BCUT2D eigenvalue weighted by molar-refractivity contribution is 5.96. The first-order chi connectivity index (χ1) is 12.4. The smallest absolute Gasteiger partial charge is 0.324 e. The molecule has 0 spiro atoms. The Kier molecular flexibility index (Phi) is 5.00. The molecular formula is C18H19F2N5O. The minimum atomic E-state index is -2.91. The van der Waals surface area contributed by atoms with Gasteiger partial charge in [-0.05, 0) is 30.5 Å². The third kappa shape index (κ3) is 3.30. The van der Waals surface area contributed by atoms with E-state index in [1.807, 2.05) is 6.07 Å². The second kappa shape index (κ2) is 7.22. The van der Waals surface area contributed by atoms with Gasteiger partial charge in [0.25, 0.3) is 0 Å². The van der Waals surface area contributed by atoms with Crippen LogP contribution >= 0.6 is 0 Å². The number of aromatic nitrogens is 2. The van der Waals surface area contributed by atoms with E-state index >= 15 is 0 Å². The minimum absolute atomic E-state index is 0.00623. The quantitative estimate of drug-likeness (QED) is 0.813. The molecule has 0 saturated carbocycles. The largest absolute Gasteiger partial charge is 0.333 e. The van der Waals surface area contributed by atoms with Gasteiger partial charge in [-0.1, -0.05) is 19.4 Å². The van der Waals surface area contributed by atoms with E-state index in [9.17, 15) is 18.8 Å². The van der Waals surface area contributed by atoms with Gasteiger partial charge in [0, 0.05) is 17.5 Å². The number of rotatable bonds is 1. The topological polar surface area (TPSA) is 96.7 Å². The van der Waals surface area contributed by atoms with Crippen LogP contribution in [0.25, 0.3) is 11.3 Å². The van der Waals surface area contributed by atoms with Crippen LogP contribution in [0.1, 0.15) is 49.9 Å². The molecule has 3 N–H and O–H groups in total. The predicted molar refractivity (Wildman–Crippen MR) is 92.2 cm³/mol. The van der Waals surface area contributed by atoms with Crippen molar-refractivity contribution in [3.8, 4) is 17.3 Å². The number of halogens is 2. The van der Waals surface area contributed by atoms with Crippen LogP contribution in [-0.2, 0) is 4.79 Å². The van der Waals surface area contributed by atoms with E-state index in [2.05, 4.69) is 10.4 Å². The maximum atomic E-state index is 13.5. The number of anilines is 1. The highest BCUT2D eigenvalue weighted by Crippen LogP contribution is 2.36. The molecule has 2 bridgehead atoms. The summed E-state index contributed by atoms with van der Waals surface area (Å²) in [6.07, 6.45) is 3.24. The van der Waals surface area contributed by atoms with Crippen molar-refractivity contribution < 1.29 is 13.6 Å². The Labute approximate surface area is 149 Å². The molecular weight excluding hydrogens is 340 g/mol. The van der Waals surface area contributed by atoms with Crippen molar-refractivity contribution in [2.45, 2.75) is 38.8 Å². The molecule has 1 aromatic heterocycles. The lowest BCUT2D eigenvalue weighted by molar-refractivity contribution is -0.119. The van der Waals surface area contributed by atoms with Gasteiger partial charge in [0.15, 0.2) is 0 Å². The van der Waals surface area contributed by atoms with E-state index < -0.39 is 6.55 Å². The van der Waals surface area contributed by atoms with Gasteiger partial charge < -0.3 is 11.1 Å². The molecule has 1 aliphatic heterocycles. The van der Waals surface area contributed by atoms with Gasteiger partial charge >= 0.3 is 6.55 Å². The van der Waals surface area contributed by atoms with Crippen LogP contribution in [-0.4, -0.2) is 15.7 Å². The van der Waals surface area contributed by atoms with Crippen molar-refractivity contribution in [1.29, 1.82) is 5.26 Å². The molecule has 0 fully saturated rings. The molecule has 136 valence electrons. The maximum absolute atomic E-state index is 13.5. The van der Waals surface area contributed by atoms with E-state index in [1.54, 1.807) is 25.1 Å². The number of benzene rings is 1. The average molecular weight is 359 g/mol. The first-order valence-electron chi connectivity index (χ1n) is 8.39. The number of fused-ring (bicyclic) bond motifs is 4. The Balaban J connectivity index is 2.25. The number of alkyl halides is 2. The SMILES string of the molecule is CC1CCCC(N)c2ccc(C#N)c(c2)-c2c(cnn2C(F)F)NC1=O. The average Bonchev–Trinajstić information content (AvgIpc) is 3.03. The summed E-state index contributed by atoms with van der Waals surface area (Å²) >= 11 is 0. The lowest BCUT2D eigenvalue weighted by atomic mass is 9.93. The molecule has 2 unspecified atom stereocenters. The van der Waals surface area contributed by atoms with Crippen LogP contribution < -0.4 is 11.1 Å². The molecule has 2 aromatic rings. The van der Waals surface area contributed by atoms with Crippen LogP contribution in [0.3, 0.4) is 0 Å². The summed E-state index contributed by atoms with van der Waals surface area (Å²) in [4.78, 5) is 12.4. The Morgan fingerprint density at radius 1 is 1.42 bits per heavy atom. The molecule has 0 saturated heterocycles. The zero-order valence-corrected chi connectivity index (χ0v) is 14.2. The summed E-state index contributed by atoms with van der Waals surface area (Å²) in [6, 6.07) is 6.65. The Morgan fingerprint density at radius 3 is 2.88 bits per heavy atom. The first kappa shape index (κ1) is 18.0. The number of carbonyl (C=O) groups is 1. The molecule has 1 amide bonds. The third-order valence-corrected chi connectivity index (χ3v) is 4.69. The van der Waals surface area contributed by atoms with E-state index in [-0.39, 0.29) is 40.4 Å². The number of hydrogen-bond donors (Lipinski definition) is 2. The minimum Gasteiger partial charge on any atom is -0.324 e. The standard InChI is InChI=1S/C18H19F2N5O/c1-10-3-2-4-14(22)11-5-6-12(8-21)13(7-11)16-15(24-17(10)26)9-23-25(16)18(19)20/h5-7,9-10,14,18H,2-4,22H2,1H3,(H,24,26). The van der Waals surface area contributed by atoms with E-state index in [4.69, 9.17) is 5.73 Å². The number of carbonyl (C=O) groups excluding carboxylic acids is 1. The van der Waals surface area contributed by atoms with Crippen molar-refractivity contribution in [2.75, 3.05) is 5.32 Å². The van der Waals surface area contributed by atoms with Crippen molar-refractivity contribution in [1.82, 2.24) is 9.78 Å². The zero-order chi connectivity index (χ0) is 18.8. The third-order valence-electron chi connectivity index (χ3n) is 4.69. The monoisotopic (exact) mass is 359 g/mol. The summed E-state index contributed by atoms with van der Waals surface area (Å²) in [7, 11) is 0. The molecule has 6 nitrogen and oxygen atoms in total. The Bertz CT molecular complexity index is 871. The second-order valence-corrected chi connectivity index (χ2v) is 6.47. The number of nitriles is 1. The van der Waals surface area contributed by atoms with Crippen LogP contribution in [0.2, 0.25) is 0 Å². The maximum Gasteiger partial charge on any atom is 0.333 e. The molecule has 8 heteroatoms. The Morgan fingerprint density at radius 2 is 2.19 bits per heavy atom. The molecule has 0 radical (unpaired) electrons. The van der Waals surface area contributed by atoms with Crippen LogP contribution in [0, 0.1) is 17.2 Å².